The van der Waals surface area contributed by atoms with Gasteiger partial charge in [0.05, 0.1) is 17.4 Å². The maximum Gasteiger partial charge on any atom is 0.229 e. The van der Waals surface area contributed by atoms with Crippen molar-refractivity contribution in [1.29, 1.82) is 0 Å². The molecule has 0 aliphatic carbocycles. The van der Waals surface area contributed by atoms with Crippen LogP contribution in [0.4, 0.5) is 17.5 Å². The first-order chi connectivity index (χ1) is 14.7. The van der Waals surface area contributed by atoms with Gasteiger partial charge in [0.2, 0.25) is 5.95 Å². The maximum absolute atomic E-state index is 4.84. The zero-order chi connectivity index (χ0) is 20.5. The molecule has 4 aromatic rings. The molecule has 0 radical (unpaired) electrons. The Hall–Kier alpha value is -3.16. The number of anilines is 3. The number of piperidine rings is 1. The number of unbranched alkanes of at least 4 members (excludes halogenated alkanes) is 1. The molecule has 156 valence electrons. The summed E-state index contributed by atoms with van der Waals surface area (Å²) < 4.78 is 2.30. The van der Waals surface area contributed by atoms with Gasteiger partial charge in [0, 0.05) is 25.3 Å². The molecule has 4 heterocycles. The van der Waals surface area contributed by atoms with Crippen molar-refractivity contribution in [2.75, 3.05) is 23.3 Å². The number of aromatic amines is 1. The van der Waals surface area contributed by atoms with Gasteiger partial charge in [-0.05, 0) is 50.8 Å². The largest absolute Gasteiger partial charge is 0.341 e. The molecule has 2 N–H and O–H groups in total. The van der Waals surface area contributed by atoms with E-state index in [0.717, 1.165) is 60.4 Å². The van der Waals surface area contributed by atoms with Crippen LogP contribution in [0.1, 0.15) is 44.9 Å². The van der Waals surface area contributed by atoms with Gasteiger partial charge in [-0.1, -0.05) is 13.3 Å². The number of aromatic nitrogens is 6. The number of H-pyrrole nitrogens is 1. The second kappa shape index (κ2) is 7.93. The highest BCUT2D eigenvalue weighted by Gasteiger charge is 2.18. The minimum atomic E-state index is 0.689. The van der Waals surface area contributed by atoms with Crippen molar-refractivity contribution in [3.63, 3.8) is 0 Å². The summed E-state index contributed by atoms with van der Waals surface area (Å²) in [5, 5.41) is 3.48. The van der Waals surface area contributed by atoms with Crippen molar-refractivity contribution >= 4 is 39.7 Å². The summed E-state index contributed by atoms with van der Waals surface area (Å²) in [4.78, 5) is 24.1. The topological polar surface area (TPSA) is 87.6 Å². The second-order valence-corrected chi connectivity index (χ2v) is 8.01. The van der Waals surface area contributed by atoms with Crippen molar-refractivity contribution in [2.24, 2.45) is 0 Å². The molecule has 0 unspecified atom stereocenters. The van der Waals surface area contributed by atoms with E-state index in [1.807, 2.05) is 0 Å². The van der Waals surface area contributed by atoms with Gasteiger partial charge in [-0.25, -0.2) is 9.97 Å². The summed E-state index contributed by atoms with van der Waals surface area (Å²) in [6, 6.07) is 6.33. The number of benzene rings is 1. The van der Waals surface area contributed by atoms with Crippen LogP contribution < -0.4 is 10.2 Å². The molecule has 0 atom stereocenters. The summed E-state index contributed by atoms with van der Waals surface area (Å²) in [6.07, 6.45) is 7.64. The number of aryl methyl sites for hydroxylation is 2. The average molecular weight is 405 g/mol. The van der Waals surface area contributed by atoms with Crippen molar-refractivity contribution in [3.8, 4) is 0 Å². The van der Waals surface area contributed by atoms with Crippen LogP contribution >= 0.6 is 0 Å². The molecule has 5 rings (SSSR count). The van der Waals surface area contributed by atoms with Gasteiger partial charge >= 0.3 is 0 Å². The Balaban J connectivity index is 1.49. The number of hydrogen-bond donors (Lipinski definition) is 2. The Labute approximate surface area is 175 Å². The van der Waals surface area contributed by atoms with E-state index < -0.39 is 0 Å². The molecule has 8 nitrogen and oxygen atoms in total. The third-order valence-corrected chi connectivity index (χ3v) is 5.85. The molecule has 0 amide bonds. The Morgan fingerprint density at radius 2 is 1.97 bits per heavy atom. The predicted molar refractivity (Wildman–Crippen MR) is 120 cm³/mol. The molecule has 0 spiro atoms. The zero-order valence-corrected chi connectivity index (χ0v) is 17.6. The first-order valence-electron chi connectivity index (χ1n) is 10.9. The van der Waals surface area contributed by atoms with Gasteiger partial charge in [-0.2, -0.15) is 9.97 Å². The number of rotatable bonds is 6. The fourth-order valence-corrected chi connectivity index (χ4v) is 4.21. The van der Waals surface area contributed by atoms with Crippen LogP contribution in [0.25, 0.3) is 22.2 Å². The maximum atomic E-state index is 4.84. The molecule has 1 fully saturated rings. The van der Waals surface area contributed by atoms with Crippen molar-refractivity contribution < 1.29 is 0 Å². The summed E-state index contributed by atoms with van der Waals surface area (Å²) in [6.45, 7) is 7.29. The molecular formula is C22H28N8. The lowest BCUT2D eigenvalue weighted by Crippen LogP contribution is -2.31. The molecule has 0 bridgehead atoms. The van der Waals surface area contributed by atoms with Crippen molar-refractivity contribution in [3.05, 3.63) is 30.4 Å². The fourth-order valence-electron chi connectivity index (χ4n) is 4.21. The van der Waals surface area contributed by atoms with E-state index >= 15 is 0 Å². The quantitative estimate of drug-likeness (QED) is 0.490. The molecule has 0 saturated carbocycles. The lowest BCUT2D eigenvalue weighted by Gasteiger charge is -2.26. The predicted octanol–water partition coefficient (Wildman–Crippen LogP) is 4.55. The standard InChI is InChI=1S/C22H28N8/c1-3-4-12-30-15(2)25-17-13-16(8-9-18(17)30)26-21-19-20(24-14-23-19)27-22(28-21)29-10-6-5-7-11-29/h8-9,13-14H,3-7,10-12H2,1-2H3,(H2,23,24,26,27,28). The Kier molecular flexibility index (Phi) is 4.98. The summed E-state index contributed by atoms with van der Waals surface area (Å²) in [7, 11) is 0. The minimum absolute atomic E-state index is 0.689. The van der Waals surface area contributed by atoms with Gasteiger partial charge in [0.15, 0.2) is 11.5 Å². The number of nitrogens with zero attached hydrogens (tertiary/aromatic N) is 6. The first kappa shape index (κ1) is 18.8. The Morgan fingerprint density at radius 1 is 1.10 bits per heavy atom. The van der Waals surface area contributed by atoms with Crippen LogP contribution in [0.3, 0.4) is 0 Å². The van der Waals surface area contributed by atoms with E-state index in [1.165, 1.54) is 31.2 Å². The molecule has 1 aliphatic heterocycles. The normalized spacial score (nSPS) is 14.7. The number of fused-ring (bicyclic) bond motifs is 2. The van der Waals surface area contributed by atoms with E-state index in [1.54, 1.807) is 6.33 Å². The van der Waals surface area contributed by atoms with E-state index in [0.29, 0.717) is 5.65 Å². The minimum Gasteiger partial charge on any atom is -0.341 e. The molecular weight excluding hydrogens is 376 g/mol. The van der Waals surface area contributed by atoms with Crippen LogP contribution in [-0.4, -0.2) is 42.6 Å². The van der Waals surface area contributed by atoms with Crippen LogP contribution in [0.2, 0.25) is 0 Å². The smallest absolute Gasteiger partial charge is 0.229 e. The number of imidazole rings is 2. The lowest BCUT2D eigenvalue weighted by molar-refractivity contribution is 0.569. The van der Waals surface area contributed by atoms with E-state index in [9.17, 15) is 0 Å². The highest BCUT2D eigenvalue weighted by Crippen LogP contribution is 2.27. The highest BCUT2D eigenvalue weighted by atomic mass is 15.3. The van der Waals surface area contributed by atoms with Crippen molar-refractivity contribution in [1.82, 2.24) is 29.5 Å². The third kappa shape index (κ3) is 3.46. The average Bonchev–Trinajstić information content (AvgIpc) is 3.36. The fraction of sp³-hybridized carbons (Fsp3) is 0.455. The molecule has 30 heavy (non-hydrogen) atoms. The van der Waals surface area contributed by atoms with E-state index in [-0.39, 0.29) is 0 Å². The summed E-state index contributed by atoms with van der Waals surface area (Å²) in [5.41, 5.74) is 4.64. The van der Waals surface area contributed by atoms with Crippen LogP contribution in [-0.2, 0) is 6.54 Å². The van der Waals surface area contributed by atoms with Gasteiger partial charge in [-0.3, -0.25) is 0 Å². The molecule has 1 saturated heterocycles. The highest BCUT2D eigenvalue weighted by molar-refractivity contribution is 5.88. The first-order valence-corrected chi connectivity index (χ1v) is 10.9. The van der Waals surface area contributed by atoms with Crippen molar-refractivity contribution in [2.45, 2.75) is 52.5 Å². The molecule has 8 heteroatoms. The number of hydrogen-bond acceptors (Lipinski definition) is 6. The summed E-state index contributed by atoms with van der Waals surface area (Å²) in [5.74, 6) is 2.55. The molecule has 1 aliphatic rings. The number of nitrogens with one attached hydrogen (secondary N) is 2. The SMILES string of the molecule is CCCCn1c(C)nc2cc(Nc3nc(N4CCCCC4)nc4nc[nH]c34)ccc21. The van der Waals surface area contributed by atoms with E-state index in [4.69, 9.17) is 9.97 Å². The molecule has 1 aromatic carbocycles. The second-order valence-electron chi connectivity index (χ2n) is 8.01. The van der Waals surface area contributed by atoms with Gasteiger partial charge < -0.3 is 19.8 Å². The van der Waals surface area contributed by atoms with Gasteiger partial charge in [-0.15, -0.1) is 0 Å². The van der Waals surface area contributed by atoms with Gasteiger partial charge in [0.25, 0.3) is 0 Å². The lowest BCUT2D eigenvalue weighted by atomic mass is 10.1. The zero-order valence-electron chi connectivity index (χ0n) is 17.6. The van der Waals surface area contributed by atoms with E-state index in [2.05, 4.69) is 61.8 Å². The van der Waals surface area contributed by atoms with Crippen LogP contribution in [0.5, 0.6) is 0 Å². The monoisotopic (exact) mass is 404 g/mol. The Morgan fingerprint density at radius 3 is 2.80 bits per heavy atom. The summed E-state index contributed by atoms with van der Waals surface area (Å²) >= 11 is 0. The van der Waals surface area contributed by atoms with Crippen LogP contribution in [0.15, 0.2) is 24.5 Å². The Bertz CT molecular complexity index is 1170. The molecule has 3 aromatic heterocycles. The van der Waals surface area contributed by atoms with Gasteiger partial charge in [0.1, 0.15) is 11.3 Å². The van der Waals surface area contributed by atoms with Crippen LogP contribution in [0, 0.1) is 6.92 Å². The third-order valence-electron chi connectivity index (χ3n) is 5.85.